The lowest BCUT2D eigenvalue weighted by Crippen LogP contribution is -2.16. The first kappa shape index (κ1) is 11.9. The number of fused-ring (bicyclic) bond motifs is 3. The summed E-state index contributed by atoms with van der Waals surface area (Å²) in [5.74, 6) is 0. The summed E-state index contributed by atoms with van der Waals surface area (Å²) >= 11 is 0. The van der Waals surface area contributed by atoms with Crippen molar-refractivity contribution < 1.29 is 4.79 Å². The number of nitrogens with zero attached hydrogens (tertiary/aromatic N) is 2. The second-order valence-electron chi connectivity index (χ2n) is 5.06. The molecule has 0 saturated heterocycles. The lowest BCUT2D eigenvalue weighted by atomic mass is 10.1. The van der Waals surface area contributed by atoms with E-state index in [1.54, 1.807) is 0 Å². The molecule has 3 rings (SSSR count). The number of aldehydes is 1. The van der Waals surface area contributed by atoms with Crippen molar-refractivity contribution in [2.24, 2.45) is 0 Å². The van der Waals surface area contributed by atoms with E-state index >= 15 is 0 Å². The molecule has 1 heterocycles. The number of hydrogen-bond acceptors (Lipinski definition) is 2. The first-order valence-corrected chi connectivity index (χ1v) is 6.31. The molecule has 0 radical (unpaired) electrons. The summed E-state index contributed by atoms with van der Waals surface area (Å²) in [6.07, 6.45) is 0.900. The number of para-hydroxylation sites is 1. The highest BCUT2D eigenvalue weighted by Crippen LogP contribution is 2.29. The zero-order chi connectivity index (χ0) is 13.4. The molecule has 0 unspecified atom stereocenters. The first-order valence-electron chi connectivity index (χ1n) is 6.31. The fraction of sp³-hybridized carbons (Fsp3) is 0.188. The SMILES string of the molecule is CN(C)Cn1c2ccccc2c2cc(C=O)ccc21. The number of rotatable bonds is 3. The van der Waals surface area contributed by atoms with Gasteiger partial charge in [0.25, 0.3) is 0 Å². The van der Waals surface area contributed by atoms with Crippen molar-refractivity contribution >= 4 is 28.1 Å². The van der Waals surface area contributed by atoms with E-state index in [0.29, 0.717) is 0 Å². The van der Waals surface area contributed by atoms with Crippen LogP contribution in [-0.4, -0.2) is 29.8 Å². The van der Waals surface area contributed by atoms with Crippen LogP contribution in [0, 0.1) is 0 Å². The number of aromatic nitrogens is 1. The van der Waals surface area contributed by atoms with Gasteiger partial charge in [0.15, 0.2) is 0 Å². The molecule has 0 aliphatic carbocycles. The standard InChI is InChI=1S/C16H16N2O/c1-17(2)11-18-15-6-4-3-5-13(15)14-9-12(10-19)7-8-16(14)18/h3-10H,11H2,1-2H3. The molecule has 0 N–H and O–H groups in total. The topological polar surface area (TPSA) is 25.2 Å². The third kappa shape index (κ3) is 1.92. The van der Waals surface area contributed by atoms with Crippen LogP contribution in [0.5, 0.6) is 0 Å². The van der Waals surface area contributed by atoms with Crippen LogP contribution in [0.4, 0.5) is 0 Å². The lowest BCUT2D eigenvalue weighted by molar-refractivity contribution is 0.112. The Bertz CT molecular complexity index is 756. The largest absolute Gasteiger partial charge is 0.327 e. The fourth-order valence-electron chi connectivity index (χ4n) is 2.58. The highest BCUT2D eigenvalue weighted by Gasteiger charge is 2.10. The van der Waals surface area contributed by atoms with E-state index in [1.807, 2.05) is 30.3 Å². The highest BCUT2D eigenvalue weighted by molar-refractivity contribution is 6.09. The average molecular weight is 252 g/mol. The predicted octanol–water partition coefficient (Wildman–Crippen LogP) is 3.13. The van der Waals surface area contributed by atoms with Crippen LogP contribution in [0.1, 0.15) is 10.4 Å². The second kappa shape index (κ2) is 4.52. The Balaban J connectivity index is 2.40. The zero-order valence-electron chi connectivity index (χ0n) is 11.1. The molecule has 0 bridgehead atoms. The summed E-state index contributed by atoms with van der Waals surface area (Å²) in [6, 6.07) is 14.2. The molecule has 0 amide bonds. The van der Waals surface area contributed by atoms with Crippen molar-refractivity contribution in [3.8, 4) is 0 Å². The van der Waals surface area contributed by atoms with Crippen LogP contribution in [-0.2, 0) is 6.67 Å². The number of carbonyl (C=O) groups is 1. The molecule has 2 aromatic carbocycles. The monoisotopic (exact) mass is 252 g/mol. The van der Waals surface area contributed by atoms with Crippen LogP contribution < -0.4 is 0 Å². The second-order valence-corrected chi connectivity index (χ2v) is 5.06. The molecule has 1 aromatic heterocycles. The average Bonchev–Trinajstić information content (AvgIpc) is 2.73. The van der Waals surface area contributed by atoms with Crippen LogP contribution in [0.2, 0.25) is 0 Å². The minimum Gasteiger partial charge on any atom is -0.327 e. The minimum atomic E-state index is 0.722. The van der Waals surface area contributed by atoms with E-state index in [4.69, 9.17) is 0 Å². The summed E-state index contributed by atoms with van der Waals surface area (Å²) in [5, 5.41) is 2.34. The van der Waals surface area contributed by atoms with E-state index in [-0.39, 0.29) is 0 Å². The molecule has 3 nitrogen and oxygen atoms in total. The maximum absolute atomic E-state index is 11.0. The van der Waals surface area contributed by atoms with Gasteiger partial charge in [-0.3, -0.25) is 9.69 Å². The van der Waals surface area contributed by atoms with Crippen molar-refractivity contribution in [3.05, 3.63) is 48.0 Å². The summed E-state index contributed by atoms with van der Waals surface area (Å²) in [4.78, 5) is 13.1. The van der Waals surface area contributed by atoms with Crippen LogP contribution >= 0.6 is 0 Å². The third-order valence-electron chi connectivity index (χ3n) is 3.36. The molecule has 19 heavy (non-hydrogen) atoms. The van der Waals surface area contributed by atoms with E-state index in [2.05, 4.69) is 35.7 Å². The lowest BCUT2D eigenvalue weighted by Gasteiger charge is -2.13. The Labute approximate surface area is 112 Å². The van der Waals surface area contributed by atoms with E-state index < -0.39 is 0 Å². The fourth-order valence-corrected chi connectivity index (χ4v) is 2.58. The molecule has 0 atom stereocenters. The Morgan fingerprint density at radius 3 is 2.53 bits per heavy atom. The molecule has 0 fully saturated rings. The van der Waals surface area contributed by atoms with Gasteiger partial charge in [0.05, 0.1) is 17.7 Å². The third-order valence-corrected chi connectivity index (χ3v) is 3.36. The van der Waals surface area contributed by atoms with Gasteiger partial charge in [-0.05, 0) is 38.4 Å². The van der Waals surface area contributed by atoms with Gasteiger partial charge in [0, 0.05) is 16.3 Å². The Morgan fingerprint density at radius 2 is 1.79 bits per heavy atom. The zero-order valence-corrected chi connectivity index (χ0v) is 11.1. The normalized spacial score (nSPS) is 11.5. The van der Waals surface area contributed by atoms with Crippen molar-refractivity contribution in [2.75, 3.05) is 14.1 Å². The molecule has 0 spiro atoms. The van der Waals surface area contributed by atoms with E-state index in [0.717, 1.165) is 23.9 Å². The number of hydrogen-bond donors (Lipinski definition) is 0. The molecular formula is C16H16N2O. The van der Waals surface area contributed by atoms with Gasteiger partial charge in [-0.25, -0.2) is 0 Å². The Morgan fingerprint density at radius 1 is 1.05 bits per heavy atom. The summed E-state index contributed by atoms with van der Waals surface area (Å²) < 4.78 is 2.28. The van der Waals surface area contributed by atoms with Crippen LogP contribution in [0.3, 0.4) is 0 Å². The van der Waals surface area contributed by atoms with Gasteiger partial charge < -0.3 is 4.57 Å². The molecular weight excluding hydrogens is 236 g/mol. The summed E-state index contributed by atoms with van der Waals surface area (Å²) in [6.45, 7) is 0.824. The van der Waals surface area contributed by atoms with Gasteiger partial charge in [0.2, 0.25) is 0 Å². The van der Waals surface area contributed by atoms with Crippen molar-refractivity contribution in [3.63, 3.8) is 0 Å². The first-order chi connectivity index (χ1) is 9.20. The maximum atomic E-state index is 11.0. The summed E-state index contributed by atoms with van der Waals surface area (Å²) in [7, 11) is 4.11. The maximum Gasteiger partial charge on any atom is 0.150 e. The van der Waals surface area contributed by atoms with E-state index in [9.17, 15) is 4.79 Å². The molecule has 96 valence electrons. The smallest absolute Gasteiger partial charge is 0.150 e. The van der Waals surface area contributed by atoms with Gasteiger partial charge in [0.1, 0.15) is 6.29 Å². The van der Waals surface area contributed by atoms with Crippen LogP contribution in [0.15, 0.2) is 42.5 Å². The molecule has 3 aromatic rings. The molecule has 0 aliphatic rings. The van der Waals surface area contributed by atoms with Gasteiger partial charge in [-0.2, -0.15) is 0 Å². The Hall–Kier alpha value is -2.13. The van der Waals surface area contributed by atoms with Crippen LogP contribution in [0.25, 0.3) is 21.8 Å². The van der Waals surface area contributed by atoms with Crippen molar-refractivity contribution in [1.29, 1.82) is 0 Å². The minimum absolute atomic E-state index is 0.722. The molecule has 0 aliphatic heterocycles. The van der Waals surface area contributed by atoms with Gasteiger partial charge >= 0.3 is 0 Å². The molecule has 3 heteroatoms. The number of carbonyl (C=O) groups excluding carboxylic acids is 1. The van der Waals surface area contributed by atoms with E-state index in [1.165, 1.54) is 16.4 Å². The van der Waals surface area contributed by atoms with Crippen molar-refractivity contribution in [1.82, 2.24) is 9.47 Å². The predicted molar refractivity (Wildman–Crippen MR) is 78.5 cm³/mol. The van der Waals surface area contributed by atoms with Crippen molar-refractivity contribution in [2.45, 2.75) is 6.67 Å². The quantitative estimate of drug-likeness (QED) is 0.669. The molecule has 0 saturated carbocycles. The highest BCUT2D eigenvalue weighted by atomic mass is 16.1. The van der Waals surface area contributed by atoms with Gasteiger partial charge in [-0.15, -0.1) is 0 Å². The number of benzene rings is 2. The van der Waals surface area contributed by atoms with Gasteiger partial charge in [-0.1, -0.05) is 18.2 Å². The Kier molecular flexibility index (Phi) is 2.84. The summed E-state index contributed by atoms with van der Waals surface area (Å²) in [5.41, 5.74) is 3.09.